The van der Waals surface area contributed by atoms with E-state index in [1.165, 1.54) is 11.8 Å². The van der Waals surface area contributed by atoms with Crippen LogP contribution in [0, 0.1) is 0 Å². The first-order valence-corrected chi connectivity index (χ1v) is 21.3. The lowest BCUT2D eigenvalue weighted by Crippen LogP contribution is -2.48. The summed E-state index contributed by atoms with van der Waals surface area (Å²) in [5, 5.41) is 1.11. The summed E-state index contributed by atoms with van der Waals surface area (Å²) in [6.45, 7) is 12.1. The van der Waals surface area contributed by atoms with Gasteiger partial charge < -0.3 is 29.1 Å². The molecule has 4 aromatic carbocycles. The third-order valence-electron chi connectivity index (χ3n) is 10.5. The van der Waals surface area contributed by atoms with E-state index in [0.29, 0.717) is 69.7 Å². The lowest BCUT2D eigenvalue weighted by molar-refractivity contribution is -0.128. The molecule has 2 fully saturated rings. The van der Waals surface area contributed by atoms with Crippen molar-refractivity contribution < 1.29 is 19.1 Å². The largest absolute Gasteiger partial charge is 0.496 e. The zero-order valence-corrected chi connectivity index (χ0v) is 36.3. The SMILES string of the molecule is CCN1CCN(C(=O)C=Cc2c(-c3ccccc3OC)cc(Sc3cc(-c4ccccc4OC)c(C=CC(=O)N4CCN(CC)CC4)c(Cl)c3Cl)c(Cl)c2Cl)CC1. The molecule has 8 nitrogen and oxygen atoms in total. The summed E-state index contributed by atoms with van der Waals surface area (Å²) in [4.78, 5) is 36.3. The maximum atomic E-state index is 13.4. The van der Waals surface area contributed by atoms with Crippen LogP contribution >= 0.6 is 58.2 Å². The predicted octanol–water partition coefficient (Wildman–Crippen LogP) is 10.2. The second-order valence-corrected chi connectivity index (χ2v) is 16.2. The van der Waals surface area contributed by atoms with E-state index in [2.05, 4.69) is 23.6 Å². The standard InChI is InChI=1S/C44H46Cl4N4O4S/c1-5-49-19-23-51(24-20-49)39(53)17-15-31-33(29-11-7-9-13-35(29)55-3)27-37(43(47)41(31)45)57-38-28-34(30-12-8-10-14-36(30)56-4)32(42(46)44(38)48)16-18-40(54)52-25-21-50(6-2)22-26-52/h7-18,27-28H,5-6,19-26H2,1-4H3. The topological polar surface area (TPSA) is 65.6 Å². The minimum Gasteiger partial charge on any atom is -0.496 e. The Kier molecular flexibility index (Phi) is 15.0. The Morgan fingerprint density at radius 1 is 0.579 bits per heavy atom. The molecule has 2 aliphatic rings. The van der Waals surface area contributed by atoms with Gasteiger partial charge in [-0.1, -0.05) is 108 Å². The molecular formula is C44H46Cl4N4O4S. The molecule has 13 heteroatoms. The van der Waals surface area contributed by atoms with Gasteiger partial charge in [-0.15, -0.1) is 0 Å². The fourth-order valence-corrected chi connectivity index (χ4v) is 9.26. The van der Waals surface area contributed by atoms with Crippen molar-refractivity contribution in [2.45, 2.75) is 23.6 Å². The van der Waals surface area contributed by atoms with Crippen molar-refractivity contribution in [3.05, 3.63) is 104 Å². The fourth-order valence-electron chi connectivity index (χ4n) is 7.10. The van der Waals surface area contributed by atoms with Gasteiger partial charge in [0.2, 0.25) is 11.8 Å². The van der Waals surface area contributed by atoms with E-state index in [9.17, 15) is 9.59 Å². The smallest absolute Gasteiger partial charge is 0.246 e. The van der Waals surface area contributed by atoms with Crippen molar-refractivity contribution in [2.24, 2.45) is 0 Å². The van der Waals surface area contributed by atoms with Crippen LogP contribution in [-0.2, 0) is 9.59 Å². The number of halogens is 4. The molecule has 6 rings (SSSR count). The van der Waals surface area contributed by atoms with Crippen LogP contribution in [0.15, 0.2) is 82.6 Å². The summed E-state index contributed by atoms with van der Waals surface area (Å²) in [5.74, 6) is 1.06. The van der Waals surface area contributed by atoms with Crippen molar-refractivity contribution in [1.29, 1.82) is 0 Å². The highest BCUT2D eigenvalue weighted by Crippen LogP contribution is 2.50. The number of benzene rings is 4. The Labute approximate surface area is 359 Å². The van der Waals surface area contributed by atoms with E-state index in [1.807, 2.05) is 70.5 Å². The van der Waals surface area contributed by atoms with Gasteiger partial charge in [-0.05, 0) is 60.6 Å². The number of nitrogens with zero attached hydrogens (tertiary/aromatic N) is 4. The third kappa shape index (κ3) is 9.80. The monoisotopic (exact) mass is 866 g/mol. The maximum absolute atomic E-state index is 13.4. The van der Waals surface area contributed by atoms with Gasteiger partial charge in [0.15, 0.2) is 0 Å². The van der Waals surface area contributed by atoms with Gasteiger partial charge in [0.1, 0.15) is 11.5 Å². The van der Waals surface area contributed by atoms with Crippen LogP contribution in [0.4, 0.5) is 0 Å². The van der Waals surface area contributed by atoms with E-state index in [1.54, 1.807) is 38.5 Å². The summed E-state index contributed by atoms with van der Waals surface area (Å²) in [6, 6.07) is 19.1. The van der Waals surface area contributed by atoms with Crippen molar-refractivity contribution in [1.82, 2.24) is 19.6 Å². The van der Waals surface area contributed by atoms with Gasteiger partial charge in [-0.3, -0.25) is 9.59 Å². The van der Waals surface area contributed by atoms with Crippen molar-refractivity contribution in [2.75, 3.05) is 79.7 Å². The van der Waals surface area contributed by atoms with Crippen molar-refractivity contribution >= 4 is 82.1 Å². The zero-order valence-electron chi connectivity index (χ0n) is 32.5. The fraction of sp³-hybridized carbons (Fsp3) is 0.318. The first-order chi connectivity index (χ1) is 27.6. The first kappa shape index (κ1) is 42.9. The molecule has 0 bridgehead atoms. The normalized spacial score (nSPS) is 15.5. The number of methoxy groups -OCH3 is 2. The van der Waals surface area contributed by atoms with Crippen LogP contribution in [-0.4, -0.2) is 111 Å². The summed E-state index contributed by atoms with van der Waals surface area (Å²) in [5.41, 5.74) is 4.13. The zero-order chi connectivity index (χ0) is 40.6. The second-order valence-electron chi connectivity index (χ2n) is 13.6. The van der Waals surface area contributed by atoms with Crippen LogP contribution in [0.25, 0.3) is 34.4 Å². The van der Waals surface area contributed by atoms with Crippen LogP contribution < -0.4 is 9.47 Å². The predicted molar refractivity (Wildman–Crippen MR) is 236 cm³/mol. The van der Waals surface area contributed by atoms with Gasteiger partial charge in [-0.25, -0.2) is 0 Å². The van der Waals surface area contributed by atoms with E-state index < -0.39 is 0 Å². The Morgan fingerprint density at radius 3 is 1.30 bits per heavy atom. The molecule has 0 saturated carbocycles. The molecule has 2 heterocycles. The Hall–Kier alpha value is -3.67. The molecule has 0 N–H and O–H groups in total. The van der Waals surface area contributed by atoms with E-state index in [0.717, 1.165) is 50.4 Å². The first-order valence-electron chi connectivity index (χ1n) is 19.0. The number of hydrogen-bond acceptors (Lipinski definition) is 7. The molecule has 57 heavy (non-hydrogen) atoms. The van der Waals surface area contributed by atoms with E-state index >= 15 is 0 Å². The van der Waals surface area contributed by atoms with Crippen LogP contribution in [0.3, 0.4) is 0 Å². The Morgan fingerprint density at radius 2 is 0.947 bits per heavy atom. The number of amides is 2. The van der Waals surface area contributed by atoms with Gasteiger partial charge in [0, 0.05) is 96.6 Å². The molecule has 0 atom stereocenters. The average molecular weight is 869 g/mol. The second kappa shape index (κ2) is 19.9. The number of para-hydroxylation sites is 2. The number of piperazine rings is 2. The lowest BCUT2D eigenvalue weighted by Gasteiger charge is -2.33. The molecule has 0 unspecified atom stereocenters. The van der Waals surface area contributed by atoms with Gasteiger partial charge in [0.25, 0.3) is 0 Å². The highest BCUT2D eigenvalue weighted by Gasteiger charge is 2.25. The van der Waals surface area contributed by atoms with Crippen molar-refractivity contribution in [3.63, 3.8) is 0 Å². The number of rotatable bonds is 12. The van der Waals surface area contributed by atoms with Crippen LogP contribution in [0.2, 0.25) is 20.1 Å². The molecule has 300 valence electrons. The molecule has 4 aromatic rings. The summed E-state index contributed by atoms with van der Waals surface area (Å²) in [6.07, 6.45) is 6.58. The molecule has 0 spiro atoms. The molecule has 2 saturated heterocycles. The number of ether oxygens (including phenoxy) is 2. The highest BCUT2D eigenvalue weighted by molar-refractivity contribution is 7.99. The minimum absolute atomic E-state index is 0.0948. The highest BCUT2D eigenvalue weighted by atomic mass is 35.5. The number of hydrogen-bond donors (Lipinski definition) is 0. The van der Waals surface area contributed by atoms with Gasteiger partial charge in [-0.2, -0.15) is 0 Å². The number of likely N-dealkylation sites (N-methyl/N-ethyl adjacent to an activating group) is 2. The van der Waals surface area contributed by atoms with E-state index in [-0.39, 0.29) is 31.9 Å². The molecule has 2 amide bonds. The summed E-state index contributed by atoms with van der Waals surface area (Å²) in [7, 11) is 3.22. The third-order valence-corrected chi connectivity index (χ3v) is 13.6. The van der Waals surface area contributed by atoms with E-state index in [4.69, 9.17) is 55.9 Å². The van der Waals surface area contributed by atoms with Crippen LogP contribution in [0.1, 0.15) is 25.0 Å². The van der Waals surface area contributed by atoms with Gasteiger partial charge in [0.05, 0.1) is 34.3 Å². The number of carbonyl (C=O) groups is 2. The molecule has 2 aliphatic heterocycles. The minimum atomic E-state index is -0.0948. The number of carbonyl (C=O) groups excluding carboxylic acids is 2. The molecule has 0 radical (unpaired) electrons. The van der Waals surface area contributed by atoms with Crippen molar-refractivity contribution in [3.8, 4) is 33.8 Å². The molecular weight excluding hydrogens is 822 g/mol. The average Bonchev–Trinajstić information content (AvgIpc) is 3.25. The summed E-state index contributed by atoms with van der Waals surface area (Å²) >= 11 is 29.8. The Balaban J connectivity index is 1.42. The maximum Gasteiger partial charge on any atom is 0.246 e. The Bertz CT molecular complexity index is 2010. The van der Waals surface area contributed by atoms with Crippen LogP contribution in [0.5, 0.6) is 11.5 Å². The molecule has 0 aliphatic carbocycles. The quantitative estimate of drug-likeness (QED) is 0.131. The van der Waals surface area contributed by atoms with Gasteiger partial charge >= 0.3 is 0 Å². The molecule has 0 aromatic heterocycles. The summed E-state index contributed by atoms with van der Waals surface area (Å²) < 4.78 is 11.5. The lowest BCUT2D eigenvalue weighted by atomic mass is 9.98.